The third kappa shape index (κ3) is 4.47. The van der Waals surface area contributed by atoms with E-state index < -0.39 is 0 Å². The quantitative estimate of drug-likeness (QED) is 0.536. The molecule has 0 N–H and O–H groups in total. The molecule has 1 amide bonds. The van der Waals surface area contributed by atoms with Crippen molar-refractivity contribution in [2.45, 2.75) is 45.7 Å². The van der Waals surface area contributed by atoms with Crippen LogP contribution >= 0.6 is 0 Å². The summed E-state index contributed by atoms with van der Waals surface area (Å²) >= 11 is 0. The molecular weight excluding hydrogens is 366 g/mol. The number of furan rings is 1. The highest BCUT2D eigenvalue weighted by Crippen LogP contribution is 2.47. The van der Waals surface area contributed by atoms with Gasteiger partial charge in [-0.15, -0.1) is 10.2 Å². The van der Waals surface area contributed by atoms with Crippen LogP contribution in [-0.4, -0.2) is 27.0 Å². The van der Waals surface area contributed by atoms with E-state index in [2.05, 4.69) is 17.1 Å². The molecule has 0 aliphatic heterocycles. The molecule has 4 rings (SSSR count). The van der Waals surface area contributed by atoms with E-state index in [1.165, 1.54) is 12.5 Å². The van der Waals surface area contributed by atoms with Gasteiger partial charge in [-0.05, 0) is 56.5 Å². The molecular formula is C23H25N3O3. The molecule has 6 heteroatoms. The molecule has 2 aromatic heterocycles. The van der Waals surface area contributed by atoms with Crippen molar-refractivity contribution in [1.82, 2.24) is 15.1 Å². The largest absolute Gasteiger partial charge is 0.461 e. The number of nitrogens with zero attached hydrogens (tertiary/aromatic N) is 3. The molecule has 0 bridgehead atoms. The van der Waals surface area contributed by atoms with Crippen molar-refractivity contribution in [3.63, 3.8) is 0 Å². The summed E-state index contributed by atoms with van der Waals surface area (Å²) in [6, 6.07) is 13.5. The minimum atomic E-state index is -0.128. The van der Waals surface area contributed by atoms with E-state index in [4.69, 9.17) is 8.83 Å². The van der Waals surface area contributed by atoms with E-state index in [1.54, 1.807) is 11.0 Å². The number of hydrogen-bond donors (Lipinski definition) is 0. The van der Waals surface area contributed by atoms with Crippen molar-refractivity contribution in [1.29, 1.82) is 0 Å². The normalized spacial score (nSPS) is 18.5. The van der Waals surface area contributed by atoms with Gasteiger partial charge in [-0.3, -0.25) is 4.79 Å². The zero-order valence-corrected chi connectivity index (χ0v) is 16.9. The van der Waals surface area contributed by atoms with E-state index in [0.29, 0.717) is 29.4 Å². The summed E-state index contributed by atoms with van der Waals surface area (Å²) in [6.07, 6.45) is 4.43. The molecule has 0 unspecified atom stereocenters. The number of aromatic nitrogens is 2. The van der Waals surface area contributed by atoms with Crippen LogP contribution in [0.4, 0.5) is 0 Å². The van der Waals surface area contributed by atoms with Crippen LogP contribution in [0.25, 0.3) is 17.5 Å². The summed E-state index contributed by atoms with van der Waals surface area (Å²) in [4.78, 5) is 14.4. The minimum Gasteiger partial charge on any atom is -0.461 e. The first-order valence-electron chi connectivity index (χ1n) is 9.97. The van der Waals surface area contributed by atoms with Gasteiger partial charge in [0.25, 0.3) is 0 Å². The van der Waals surface area contributed by atoms with Crippen LogP contribution < -0.4 is 0 Å². The van der Waals surface area contributed by atoms with Gasteiger partial charge in [0.1, 0.15) is 11.5 Å². The van der Waals surface area contributed by atoms with Crippen LogP contribution in [0.3, 0.4) is 0 Å². The number of carbonyl (C=O) groups is 1. The minimum absolute atomic E-state index is 0.0151. The van der Waals surface area contributed by atoms with Gasteiger partial charge >= 0.3 is 0 Å². The summed E-state index contributed by atoms with van der Waals surface area (Å²) in [6.45, 7) is 6.39. The second-order valence-electron chi connectivity index (χ2n) is 7.82. The molecule has 1 aliphatic rings. The van der Waals surface area contributed by atoms with Crippen LogP contribution in [0.1, 0.15) is 50.5 Å². The van der Waals surface area contributed by atoms with Gasteiger partial charge in [-0.1, -0.05) is 25.1 Å². The molecule has 3 aromatic rings. The van der Waals surface area contributed by atoms with Gasteiger partial charge in [0.15, 0.2) is 0 Å². The summed E-state index contributed by atoms with van der Waals surface area (Å²) in [5.74, 6) is 3.64. The van der Waals surface area contributed by atoms with Crippen molar-refractivity contribution in [3.05, 3.63) is 66.0 Å². The number of hydrogen-bond acceptors (Lipinski definition) is 5. The monoisotopic (exact) mass is 391 g/mol. The highest BCUT2D eigenvalue weighted by Gasteiger charge is 2.36. The topological polar surface area (TPSA) is 72.4 Å². The Morgan fingerprint density at radius 2 is 1.93 bits per heavy atom. The van der Waals surface area contributed by atoms with Crippen molar-refractivity contribution < 1.29 is 13.6 Å². The molecule has 0 spiro atoms. The molecule has 0 radical (unpaired) electrons. The van der Waals surface area contributed by atoms with Crippen LogP contribution in [0.15, 0.2) is 57.4 Å². The van der Waals surface area contributed by atoms with E-state index >= 15 is 0 Å². The van der Waals surface area contributed by atoms with E-state index in [1.807, 2.05) is 56.3 Å². The SMILES string of the molecule is CC(C)N(Cc1nnc(-c2ccccc2)o1)C(=O)/C=C\c1ccc([C@H]2C[C@H]2C)o1. The maximum absolute atomic E-state index is 12.8. The van der Waals surface area contributed by atoms with Crippen LogP contribution in [0.2, 0.25) is 0 Å². The van der Waals surface area contributed by atoms with Crippen molar-refractivity contribution >= 4 is 12.0 Å². The summed E-state index contributed by atoms with van der Waals surface area (Å²) in [7, 11) is 0. The van der Waals surface area contributed by atoms with Gasteiger partial charge in [0.05, 0.1) is 6.54 Å². The lowest BCUT2D eigenvalue weighted by molar-refractivity contribution is -0.128. The van der Waals surface area contributed by atoms with E-state index in [9.17, 15) is 4.79 Å². The lowest BCUT2D eigenvalue weighted by atomic mass is 10.2. The maximum Gasteiger partial charge on any atom is 0.247 e. The lowest BCUT2D eigenvalue weighted by Gasteiger charge is -2.23. The van der Waals surface area contributed by atoms with Crippen molar-refractivity contribution in [2.75, 3.05) is 0 Å². The average Bonchev–Trinajstić information content (AvgIpc) is 3.13. The fourth-order valence-corrected chi connectivity index (χ4v) is 3.30. The number of rotatable bonds is 7. The highest BCUT2D eigenvalue weighted by molar-refractivity contribution is 5.91. The van der Waals surface area contributed by atoms with Crippen molar-refractivity contribution in [2.24, 2.45) is 5.92 Å². The first-order valence-corrected chi connectivity index (χ1v) is 9.97. The first kappa shape index (κ1) is 19.2. The zero-order chi connectivity index (χ0) is 20.4. The second kappa shape index (κ2) is 8.07. The van der Waals surface area contributed by atoms with Gasteiger partial charge in [0, 0.05) is 23.6 Å². The molecule has 6 nitrogen and oxygen atoms in total. The second-order valence-corrected chi connectivity index (χ2v) is 7.82. The Morgan fingerprint density at radius 3 is 2.62 bits per heavy atom. The van der Waals surface area contributed by atoms with Crippen LogP contribution in [-0.2, 0) is 11.3 Å². The summed E-state index contributed by atoms with van der Waals surface area (Å²) in [5.41, 5.74) is 0.854. The van der Waals surface area contributed by atoms with E-state index in [-0.39, 0.29) is 18.5 Å². The van der Waals surface area contributed by atoms with E-state index in [0.717, 1.165) is 11.3 Å². The Labute approximate surface area is 170 Å². The van der Waals surface area contributed by atoms with Gasteiger partial charge in [0.2, 0.25) is 17.7 Å². The van der Waals surface area contributed by atoms with Crippen LogP contribution in [0.5, 0.6) is 0 Å². The molecule has 1 saturated carbocycles. The molecule has 2 heterocycles. The molecule has 1 aliphatic carbocycles. The van der Waals surface area contributed by atoms with Crippen LogP contribution in [0, 0.1) is 5.92 Å². The first-order chi connectivity index (χ1) is 14.0. The Kier molecular flexibility index (Phi) is 5.34. The molecule has 0 saturated heterocycles. The number of amides is 1. The fraction of sp³-hybridized carbons (Fsp3) is 0.348. The number of benzene rings is 1. The van der Waals surface area contributed by atoms with Gasteiger partial charge in [-0.2, -0.15) is 0 Å². The molecule has 1 fully saturated rings. The molecule has 2 atom stereocenters. The molecule has 150 valence electrons. The lowest BCUT2D eigenvalue weighted by Crippen LogP contribution is -2.35. The summed E-state index contributed by atoms with van der Waals surface area (Å²) in [5, 5.41) is 8.19. The fourth-order valence-electron chi connectivity index (χ4n) is 3.30. The molecule has 29 heavy (non-hydrogen) atoms. The Bertz CT molecular complexity index is 1000. The predicted octanol–water partition coefficient (Wildman–Crippen LogP) is 4.90. The molecule has 1 aromatic carbocycles. The average molecular weight is 391 g/mol. The Balaban J connectivity index is 1.42. The predicted molar refractivity (Wildman–Crippen MR) is 110 cm³/mol. The Hall–Kier alpha value is -3.15. The Morgan fingerprint density at radius 1 is 1.17 bits per heavy atom. The van der Waals surface area contributed by atoms with Gasteiger partial charge < -0.3 is 13.7 Å². The van der Waals surface area contributed by atoms with Crippen molar-refractivity contribution in [3.8, 4) is 11.5 Å². The highest BCUT2D eigenvalue weighted by atomic mass is 16.4. The smallest absolute Gasteiger partial charge is 0.247 e. The maximum atomic E-state index is 12.8. The third-order valence-corrected chi connectivity index (χ3v) is 5.21. The summed E-state index contributed by atoms with van der Waals surface area (Å²) < 4.78 is 11.6. The standard InChI is InChI=1S/C23H25N3O3/c1-15(2)26(14-21-24-25-23(29-21)17-7-5-4-6-8-17)22(27)12-10-18-9-11-20(28-18)19-13-16(19)3/h4-12,15-16,19H,13-14H2,1-3H3/b12-10-/t16-,19+/m1/s1. The number of carbonyl (C=O) groups excluding carboxylic acids is 1. The van der Waals surface area contributed by atoms with Gasteiger partial charge in [-0.25, -0.2) is 0 Å². The zero-order valence-electron chi connectivity index (χ0n) is 16.9. The third-order valence-electron chi connectivity index (χ3n) is 5.21.